The van der Waals surface area contributed by atoms with Crippen LogP contribution in [0, 0.1) is 11.7 Å². The number of rotatable bonds is 6. The van der Waals surface area contributed by atoms with E-state index in [9.17, 15) is 17.6 Å². The summed E-state index contributed by atoms with van der Waals surface area (Å²) in [6, 6.07) is 3.58. The lowest BCUT2D eigenvalue weighted by Crippen LogP contribution is -2.41. The lowest BCUT2D eigenvalue weighted by Gasteiger charge is -2.31. The van der Waals surface area contributed by atoms with Gasteiger partial charge in [-0.3, -0.25) is 0 Å². The highest BCUT2D eigenvalue weighted by Gasteiger charge is 2.33. The quantitative estimate of drug-likeness (QED) is 0.782. The molecule has 1 aliphatic heterocycles. The molecule has 0 bridgehead atoms. The van der Waals surface area contributed by atoms with Crippen molar-refractivity contribution in [1.82, 2.24) is 9.62 Å². The van der Waals surface area contributed by atoms with Crippen molar-refractivity contribution in [2.24, 2.45) is 5.92 Å². The van der Waals surface area contributed by atoms with Crippen LogP contribution in [0.4, 0.5) is 4.39 Å². The van der Waals surface area contributed by atoms with Crippen LogP contribution in [0.25, 0.3) is 0 Å². The second-order valence-electron chi connectivity index (χ2n) is 5.76. The number of benzene rings is 1. The van der Waals surface area contributed by atoms with Gasteiger partial charge in [-0.05, 0) is 44.0 Å². The van der Waals surface area contributed by atoms with E-state index in [1.165, 1.54) is 16.4 Å². The van der Waals surface area contributed by atoms with Gasteiger partial charge >= 0.3 is 5.97 Å². The molecule has 0 radical (unpaired) electrons. The van der Waals surface area contributed by atoms with Crippen LogP contribution in [0.5, 0.6) is 0 Å². The Morgan fingerprint density at radius 3 is 2.62 bits per heavy atom. The second-order valence-corrected chi connectivity index (χ2v) is 7.67. The lowest BCUT2D eigenvalue weighted by atomic mass is 9.98. The molecule has 0 aliphatic carbocycles. The van der Waals surface area contributed by atoms with E-state index in [1.54, 1.807) is 0 Å². The fraction of sp³-hybridized carbons (Fsp3) is 0.562. The fourth-order valence-electron chi connectivity index (χ4n) is 2.86. The summed E-state index contributed by atoms with van der Waals surface area (Å²) in [5.74, 6) is -1.47. The van der Waals surface area contributed by atoms with Crippen LogP contribution in [-0.2, 0) is 14.8 Å². The third-order valence-corrected chi connectivity index (χ3v) is 6.18. The summed E-state index contributed by atoms with van der Waals surface area (Å²) >= 11 is 0. The Morgan fingerprint density at radius 2 is 2.04 bits per heavy atom. The monoisotopic (exact) mass is 358 g/mol. The minimum atomic E-state index is -3.94. The Bertz CT molecular complexity index is 685. The van der Waals surface area contributed by atoms with Crippen molar-refractivity contribution < 1.29 is 22.3 Å². The van der Waals surface area contributed by atoms with Crippen LogP contribution in [0.1, 0.15) is 30.1 Å². The Balaban J connectivity index is 2.23. The normalized spacial score (nSPS) is 17.0. The van der Waals surface area contributed by atoms with Gasteiger partial charge in [-0.25, -0.2) is 17.6 Å². The zero-order valence-corrected chi connectivity index (χ0v) is 14.7. The molecule has 0 saturated carbocycles. The molecular weight excluding hydrogens is 335 g/mol. The number of carbonyl (C=O) groups excluding carboxylic acids is 1. The Morgan fingerprint density at radius 1 is 1.38 bits per heavy atom. The Labute approximate surface area is 142 Å². The van der Waals surface area contributed by atoms with E-state index in [0.717, 1.165) is 39.1 Å². The Kier molecular flexibility index (Phi) is 6.31. The first-order valence-electron chi connectivity index (χ1n) is 7.99. The van der Waals surface area contributed by atoms with Crippen molar-refractivity contribution in [2.75, 3.05) is 33.3 Å². The molecule has 1 aromatic carbocycles. The van der Waals surface area contributed by atoms with Gasteiger partial charge in [0.1, 0.15) is 11.4 Å². The molecule has 0 amide bonds. The van der Waals surface area contributed by atoms with Gasteiger partial charge in [0.2, 0.25) is 10.0 Å². The van der Waals surface area contributed by atoms with Crippen molar-refractivity contribution in [1.29, 1.82) is 0 Å². The van der Waals surface area contributed by atoms with Gasteiger partial charge in [-0.2, -0.15) is 4.31 Å². The van der Waals surface area contributed by atoms with E-state index in [1.807, 2.05) is 6.92 Å². The largest absolute Gasteiger partial charge is 0.465 e. The molecule has 1 aromatic rings. The number of piperidine rings is 1. The molecule has 8 heteroatoms. The summed E-state index contributed by atoms with van der Waals surface area (Å²) in [5, 5.41) is 3.26. The maximum absolute atomic E-state index is 14.0. The van der Waals surface area contributed by atoms with E-state index in [-0.39, 0.29) is 4.90 Å². The SMILES string of the molecule is CCNCC1CCN(S(=O)(=O)c2cccc(F)c2C(=O)OC)CC1. The summed E-state index contributed by atoms with van der Waals surface area (Å²) in [5.41, 5.74) is -0.533. The molecule has 1 heterocycles. The van der Waals surface area contributed by atoms with Crippen LogP contribution in [0.3, 0.4) is 0 Å². The zero-order chi connectivity index (χ0) is 17.7. The maximum atomic E-state index is 14.0. The van der Waals surface area contributed by atoms with Crippen LogP contribution < -0.4 is 5.32 Å². The van der Waals surface area contributed by atoms with E-state index in [0.29, 0.717) is 19.0 Å². The molecule has 24 heavy (non-hydrogen) atoms. The first-order valence-corrected chi connectivity index (χ1v) is 9.43. The molecular formula is C16H23FN2O4S. The smallest absolute Gasteiger partial charge is 0.342 e. The van der Waals surface area contributed by atoms with Crippen LogP contribution in [0.2, 0.25) is 0 Å². The number of ether oxygens (including phenoxy) is 1. The average molecular weight is 358 g/mol. The number of nitrogens with one attached hydrogen (secondary N) is 1. The molecule has 1 fully saturated rings. The number of halogens is 1. The summed E-state index contributed by atoms with van der Waals surface area (Å²) in [6.07, 6.45) is 1.46. The van der Waals surface area contributed by atoms with Gasteiger partial charge in [0.15, 0.2) is 0 Å². The van der Waals surface area contributed by atoms with Gasteiger partial charge in [-0.15, -0.1) is 0 Å². The highest BCUT2D eigenvalue weighted by molar-refractivity contribution is 7.89. The molecule has 134 valence electrons. The number of hydrogen-bond acceptors (Lipinski definition) is 5. The topological polar surface area (TPSA) is 75.7 Å². The third-order valence-electron chi connectivity index (χ3n) is 4.24. The van der Waals surface area contributed by atoms with E-state index in [2.05, 4.69) is 10.1 Å². The van der Waals surface area contributed by atoms with Crippen LogP contribution in [-0.4, -0.2) is 52.0 Å². The molecule has 1 N–H and O–H groups in total. The van der Waals surface area contributed by atoms with Gasteiger partial charge in [-0.1, -0.05) is 13.0 Å². The number of carbonyl (C=O) groups is 1. The van der Waals surface area contributed by atoms with Gasteiger partial charge < -0.3 is 10.1 Å². The van der Waals surface area contributed by atoms with Gasteiger partial charge in [0, 0.05) is 13.1 Å². The molecule has 0 atom stereocenters. The molecule has 0 unspecified atom stereocenters. The molecule has 0 spiro atoms. The fourth-order valence-corrected chi connectivity index (χ4v) is 4.52. The summed E-state index contributed by atoms with van der Waals surface area (Å²) < 4.78 is 45.5. The number of methoxy groups -OCH3 is 1. The average Bonchev–Trinajstić information content (AvgIpc) is 2.59. The van der Waals surface area contributed by atoms with Crippen molar-refractivity contribution in [3.63, 3.8) is 0 Å². The predicted octanol–water partition coefficient (Wildman–Crippen LogP) is 1.62. The predicted molar refractivity (Wildman–Crippen MR) is 87.8 cm³/mol. The molecule has 0 aromatic heterocycles. The minimum absolute atomic E-state index is 0.334. The standard InChI is InChI=1S/C16H23FN2O4S/c1-3-18-11-12-7-9-19(10-8-12)24(21,22)14-6-4-5-13(17)15(14)16(20)23-2/h4-6,12,18H,3,7-11H2,1-2H3. The molecule has 1 aliphatic rings. The Hall–Kier alpha value is -1.51. The lowest BCUT2D eigenvalue weighted by molar-refractivity contribution is 0.0590. The first-order chi connectivity index (χ1) is 11.4. The maximum Gasteiger partial charge on any atom is 0.342 e. The minimum Gasteiger partial charge on any atom is -0.465 e. The highest BCUT2D eigenvalue weighted by Crippen LogP contribution is 2.27. The van der Waals surface area contributed by atoms with Crippen molar-refractivity contribution in [3.05, 3.63) is 29.6 Å². The summed E-state index contributed by atoms with van der Waals surface area (Å²) in [4.78, 5) is 11.5. The van der Waals surface area contributed by atoms with Crippen LogP contribution >= 0.6 is 0 Å². The third kappa shape index (κ3) is 3.93. The molecule has 2 rings (SSSR count). The van der Waals surface area contributed by atoms with Gasteiger partial charge in [0.05, 0.1) is 12.0 Å². The van der Waals surface area contributed by atoms with Crippen molar-refractivity contribution >= 4 is 16.0 Å². The number of nitrogens with zero attached hydrogens (tertiary/aromatic N) is 1. The van der Waals surface area contributed by atoms with Crippen molar-refractivity contribution in [3.8, 4) is 0 Å². The van der Waals surface area contributed by atoms with E-state index in [4.69, 9.17) is 0 Å². The molecule has 6 nitrogen and oxygen atoms in total. The van der Waals surface area contributed by atoms with E-state index >= 15 is 0 Å². The number of hydrogen-bond donors (Lipinski definition) is 1. The first kappa shape index (κ1) is 18.8. The van der Waals surface area contributed by atoms with Gasteiger partial charge in [0.25, 0.3) is 0 Å². The number of esters is 1. The zero-order valence-electron chi connectivity index (χ0n) is 13.9. The second kappa shape index (κ2) is 8.04. The summed E-state index contributed by atoms with van der Waals surface area (Å²) in [7, 11) is -2.85. The summed E-state index contributed by atoms with van der Waals surface area (Å²) in [6.45, 7) is 4.48. The highest BCUT2D eigenvalue weighted by atomic mass is 32.2. The van der Waals surface area contributed by atoms with Crippen LogP contribution in [0.15, 0.2) is 23.1 Å². The van der Waals surface area contributed by atoms with E-state index < -0.39 is 27.4 Å². The number of sulfonamides is 1. The molecule has 1 saturated heterocycles. The van der Waals surface area contributed by atoms with Crippen molar-refractivity contribution in [2.45, 2.75) is 24.7 Å².